The van der Waals surface area contributed by atoms with E-state index in [0.29, 0.717) is 17.8 Å². The summed E-state index contributed by atoms with van der Waals surface area (Å²) in [5, 5.41) is 0. The third kappa shape index (κ3) is 3.15. The number of anilines is 1. The normalized spacial score (nSPS) is 10.5. The van der Waals surface area contributed by atoms with E-state index in [1.54, 1.807) is 0 Å². The molecular weight excluding hydrogens is 252 g/mol. The molecule has 0 bridgehead atoms. The first kappa shape index (κ1) is 13.2. The molecule has 1 heterocycles. The first-order valence-electron chi connectivity index (χ1n) is 5.83. The van der Waals surface area contributed by atoms with E-state index in [4.69, 9.17) is 10.5 Å². The molecule has 2 N–H and O–H groups in total. The lowest BCUT2D eigenvalue weighted by atomic mass is 10.2. The fraction of sp³-hybridized carbons (Fsp3) is 0.231. The second kappa shape index (κ2) is 5.60. The molecule has 0 amide bonds. The number of halogens is 2. The maximum absolute atomic E-state index is 13.1. The van der Waals surface area contributed by atoms with Crippen LogP contribution in [0.4, 0.5) is 14.6 Å². The van der Waals surface area contributed by atoms with Gasteiger partial charge in [-0.25, -0.2) is 18.7 Å². The average Bonchev–Trinajstić information content (AvgIpc) is 2.32. The predicted molar refractivity (Wildman–Crippen MR) is 66.9 cm³/mol. The summed E-state index contributed by atoms with van der Waals surface area (Å²) in [5.41, 5.74) is 6.38. The minimum Gasteiger partial charge on any atom is -0.438 e. The van der Waals surface area contributed by atoms with E-state index >= 15 is 0 Å². The zero-order chi connectivity index (χ0) is 13.8. The summed E-state index contributed by atoms with van der Waals surface area (Å²) in [5.74, 6) is -0.862. The third-order valence-electron chi connectivity index (χ3n) is 2.49. The van der Waals surface area contributed by atoms with Gasteiger partial charge in [0.25, 0.3) is 0 Å². The fourth-order valence-electron chi connectivity index (χ4n) is 1.68. The average molecular weight is 265 g/mol. The zero-order valence-corrected chi connectivity index (χ0v) is 10.4. The van der Waals surface area contributed by atoms with Gasteiger partial charge < -0.3 is 10.5 Å². The van der Waals surface area contributed by atoms with Crippen molar-refractivity contribution in [2.45, 2.75) is 19.8 Å². The van der Waals surface area contributed by atoms with Crippen molar-refractivity contribution in [2.75, 3.05) is 5.73 Å². The van der Waals surface area contributed by atoms with Gasteiger partial charge in [-0.3, -0.25) is 0 Å². The third-order valence-corrected chi connectivity index (χ3v) is 2.49. The number of aromatic nitrogens is 2. The van der Waals surface area contributed by atoms with Crippen molar-refractivity contribution >= 4 is 5.82 Å². The molecule has 2 aromatic rings. The first-order valence-corrected chi connectivity index (χ1v) is 5.83. The van der Waals surface area contributed by atoms with E-state index in [9.17, 15) is 8.78 Å². The summed E-state index contributed by atoms with van der Waals surface area (Å²) < 4.78 is 31.6. The van der Waals surface area contributed by atoms with Crippen molar-refractivity contribution in [3.63, 3.8) is 0 Å². The van der Waals surface area contributed by atoms with Crippen LogP contribution in [-0.2, 0) is 6.42 Å². The number of nitrogens with two attached hydrogens (primary N) is 1. The molecule has 0 radical (unpaired) electrons. The Morgan fingerprint density at radius 1 is 1.16 bits per heavy atom. The molecule has 0 aliphatic rings. The van der Waals surface area contributed by atoms with Crippen LogP contribution in [0.5, 0.6) is 11.6 Å². The second-order valence-electron chi connectivity index (χ2n) is 4.00. The van der Waals surface area contributed by atoms with Crippen molar-refractivity contribution in [3.05, 3.63) is 41.7 Å². The highest BCUT2D eigenvalue weighted by Crippen LogP contribution is 2.27. The smallest absolute Gasteiger partial charge is 0.227 e. The number of nitrogen functional groups attached to an aromatic ring is 1. The van der Waals surface area contributed by atoms with Gasteiger partial charge in [-0.05, 0) is 6.42 Å². The lowest BCUT2D eigenvalue weighted by molar-refractivity contribution is 0.444. The maximum Gasteiger partial charge on any atom is 0.227 e. The van der Waals surface area contributed by atoms with Crippen LogP contribution in [0, 0.1) is 11.6 Å². The van der Waals surface area contributed by atoms with Crippen LogP contribution in [-0.4, -0.2) is 9.97 Å². The lowest BCUT2D eigenvalue weighted by Gasteiger charge is -2.10. The van der Waals surface area contributed by atoms with Gasteiger partial charge in [0, 0.05) is 18.2 Å². The minimum atomic E-state index is -0.714. The Morgan fingerprint density at radius 3 is 2.47 bits per heavy atom. The molecule has 2 rings (SSSR count). The number of nitrogens with zero attached hydrogens (tertiary/aromatic N) is 2. The monoisotopic (exact) mass is 265 g/mol. The molecule has 0 atom stereocenters. The van der Waals surface area contributed by atoms with Crippen molar-refractivity contribution in [2.24, 2.45) is 0 Å². The fourth-order valence-corrected chi connectivity index (χ4v) is 1.68. The molecule has 1 aromatic carbocycles. The van der Waals surface area contributed by atoms with Crippen LogP contribution >= 0.6 is 0 Å². The number of benzene rings is 1. The van der Waals surface area contributed by atoms with Crippen LogP contribution in [0.2, 0.25) is 0 Å². The van der Waals surface area contributed by atoms with Crippen molar-refractivity contribution in [3.8, 4) is 11.6 Å². The second-order valence-corrected chi connectivity index (χ2v) is 4.00. The van der Waals surface area contributed by atoms with Gasteiger partial charge in [0.05, 0.1) is 5.56 Å². The Hall–Kier alpha value is -2.24. The molecule has 19 heavy (non-hydrogen) atoms. The van der Waals surface area contributed by atoms with E-state index in [1.165, 1.54) is 6.33 Å². The van der Waals surface area contributed by atoms with E-state index in [1.807, 2.05) is 6.92 Å². The van der Waals surface area contributed by atoms with Gasteiger partial charge >= 0.3 is 0 Å². The molecular formula is C13H13F2N3O. The molecule has 0 fully saturated rings. The Kier molecular flexibility index (Phi) is 3.89. The Bertz CT molecular complexity index is 570. The van der Waals surface area contributed by atoms with Gasteiger partial charge in [0.15, 0.2) is 0 Å². The van der Waals surface area contributed by atoms with E-state index in [0.717, 1.165) is 24.6 Å². The maximum atomic E-state index is 13.1. The highest BCUT2D eigenvalue weighted by Gasteiger charge is 2.11. The van der Waals surface area contributed by atoms with Gasteiger partial charge in [-0.2, -0.15) is 0 Å². The standard InChI is InChI=1S/C13H13F2N3O/c1-2-3-11-12(16)17-7-18-13(11)19-10-5-8(14)4-9(15)6-10/h4-7H,2-3H2,1H3,(H2,16,17,18). The molecule has 1 aromatic heterocycles. The topological polar surface area (TPSA) is 61.0 Å². The van der Waals surface area contributed by atoms with Crippen LogP contribution in [0.25, 0.3) is 0 Å². The summed E-state index contributed by atoms with van der Waals surface area (Å²) >= 11 is 0. The molecule has 0 aliphatic heterocycles. The quantitative estimate of drug-likeness (QED) is 0.922. The highest BCUT2D eigenvalue weighted by atomic mass is 19.1. The first-order chi connectivity index (χ1) is 9.10. The van der Waals surface area contributed by atoms with Gasteiger partial charge in [0.2, 0.25) is 5.88 Å². The Morgan fingerprint density at radius 2 is 1.84 bits per heavy atom. The van der Waals surface area contributed by atoms with Gasteiger partial charge in [-0.15, -0.1) is 0 Å². The molecule has 0 saturated heterocycles. The van der Waals surface area contributed by atoms with E-state index < -0.39 is 11.6 Å². The van der Waals surface area contributed by atoms with Crippen molar-refractivity contribution in [1.82, 2.24) is 9.97 Å². The van der Waals surface area contributed by atoms with E-state index in [2.05, 4.69) is 9.97 Å². The molecule has 0 aliphatic carbocycles. The largest absolute Gasteiger partial charge is 0.438 e. The minimum absolute atomic E-state index is 0.0351. The zero-order valence-electron chi connectivity index (χ0n) is 10.4. The number of hydrogen-bond donors (Lipinski definition) is 1. The summed E-state index contributed by atoms with van der Waals surface area (Å²) in [4.78, 5) is 7.83. The summed E-state index contributed by atoms with van der Waals surface area (Å²) in [7, 11) is 0. The molecule has 100 valence electrons. The number of ether oxygens (including phenoxy) is 1. The van der Waals surface area contributed by atoms with Crippen LogP contribution in [0.15, 0.2) is 24.5 Å². The van der Waals surface area contributed by atoms with Gasteiger partial charge in [-0.1, -0.05) is 13.3 Å². The Balaban J connectivity index is 2.34. The molecule has 6 heteroatoms. The molecule has 4 nitrogen and oxygen atoms in total. The molecule has 0 spiro atoms. The number of rotatable bonds is 4. The SMILES string of the molecule is CCCc1c(N)ncnc1Oc1cc(F)cc(F)c1. The molecule has 0 saturated carbocycles. The van der Waals surface area contributed by atoms with Gasteiger partial charge in [0.1, 0.15) is 29.5 Å². The van der Waals surface area contributed by atoms with Crippen molar-refractivity contribution < 1.29 is 13.5 Å². The summed E-state index contributed by atoms with van der Waals surface area (Å²) in [6.07, 6.45) is 2.70. The Labute approximate surface area is 109 Å². The summed E-state index contributed by atoms with van der Waals surface area (Å²) in [6.45, 7) is 1.97. The van der Waals surface area contributed by atoms with Crippen LogP contribution in [0.1, 0.15) is 18.9 Å². The van der Waals surface area contributed by atoms with Crippen LogP contribution in [0.3, 0.4) is 0 Å². The van der Waals surface area contributed by atoms with Crippen LogP contribution < -0.4 is 10.5 Å². The lowest BCUT2D eigenvalue weighted by Crippen LogP contribution is -2.02. The predicted octanol–water partition coefficient (Wildman–Crippen LogP) is 3.08. The molecule has 0 unspecified atom stereocenters. The number of hydrogen-bond acceptors (Lipinski definition) is 4. The summed E-state index contributed by atoms with van der Waals surface area (Å²) in [6, 6.07) is 2.93. The highest BCUT2D eigenvalue weighted by molar-refractivity contribution is 5.46. The van der Waals surface area contributed by atoms with E-state index in [-0.39, 0.29) is 11.6 Å². The van der Waals surface area contributed by atoms with Crippen molar-refractivity contribution in [1.29, 1.82) is 0 Å².